The molecule has 1 unspecified atom stereocenters. The molecule has 1 saturated heterocycles. The summed E-state index contributed by atoms with van der Waals surface area (Å²) in [6.07, 6.45) is 1.12. The molecule has 0 bridgehead atoms. The van der Waals surface area contributed by atoms with Gasteiger partial charge in [0.1, 0.15) is 0 Å². The third kappa shape index (κ3) is 3.48. The Morgan fingerprint density at radius 3 is 2.55 bits per heavy atom. The molecule has 2 nitrogen and oxygen atoms in total. The van der Waals surface area contributed by atoms with Crippen molar-refractivity contribution in [2.75, 3.05) is 13.1 Å². The van der Waals surface area contributed by atoms with Crippen molar-refractivity contribution in [1.29, 1.82) is 0 Å². The van der Waals surface area contributed by atoms with Gasteiger partial charge in [-0.05, 0) is 44.9 Å². The van der Waals surface area contributed by atoms with Gasteiger partial charge < -0.3 is 5.32 Å². The third-order valence-corrected chi connectivity index (χ3v) is 5.09. The van der Waals surface area contributed by atoms with Crippen molar-refractivity contribution in [1.82, 2.24) is 10.2 Å². The molecular weight excluding hydrogens is 291 g/mol. The zero-order valence-electron chi connectivity index (χ0n) is 12.8. The molecular formula is C16H24Cl2N2. The first-order valence-electron chi connectivity index (χ1n) is 7.20. The predicted octanol–water partition coefficient (Wildman–Crippen LogP) is 4.35. The number of rotatable bonds is 3. The van der Waals surface area contributed by atoms with Gasteiger partial charge in [0, 0.05) is 40.8 Å². The van der Waals surface area contributed by atoms with Crippen LogP contribution in [0.5, 0.6) is 0 Å². The Bertz CT molecular complexity index is 487. The minimum atomic E-state index is 0.123. The fourth-order valence-electron chi connectivity index (χ4n) is 2.59. The number of nitrogens with one attached hydrogen (secondary N) is 1. The van der Waals surface area contributed by atoms with E-state index in [1.54, 1.807) is 0 Å². The van der Waals surface area contributed by atoms with Crippen LogP contribution in [0, 0.1) is 0 Å². The minimum absolute atomic E-state index is 0.123. The SMILES string of the molecule is CCC1(C)CN(Cc2ccc(Cl)cc2Cl)C(C)(C)CN1. The summed E-state index contributed by atoms with van der Waals surface area (Å²) in [4.78, 5) is 2.52. The second-order valence-electron chi connectivity index (χ2n) is 6.67. The van der Waals surface area contributed by atoms with Crippen molar-refractivity contribution in [3.8, 4) is 0 Å². The number of piperazine rings is 1. The lowest BCUT2D eigenvalue weighted by Gasteiger charge is -2.51. The summed E-state index contributed by atoms with van der Waals surface area (Å²) in [5.41, 5.74) is 1.44. The van der Waals surface area contributed by atoms with Crippen molar-refractivity contribution in [2.45, 2.75) is 51.7 Å². The van der Waals surface area contributed by atoms with Crippen LogP contribution in [-0.4, -0.2) is 29.1 Å². The second-order valence-corrected chi connectivity index (χ2v) is 7.52. The van der Waals surface area contributed by atoms with Crippen LogP contribution >= 0.6 is 23.2 Å². The van der Waals surface area contributed by atoms with Crippen LogP contribution in [0.2, 0.25) is 10.0 Å². The largest absolute Gasteiger partial charge is 0.308 e. The summed E-state index contributed by atoms with van der Waals surface area (Å²) in [5.74, 6) is 0. The summed E-state index contributed by atoms with van der Waals surface area (Å²) >= 11 is 12.3. The Hall–Kier alpha value is -0.280. The van der Waals surface area contributed by atoms with Gasteiger partial charge in [0.05, 0.1) is 0 Å². The average molecular weight is 315 g/mol. The van der Waals surface area contributed by atoms with Crippen LogP contribution < -0.4 is 5.32 Å². The molecule has 0 aliphatic carbocycles. The van der Waals surface area contributed by atoms with Crippen molar-refractivity contribution in [2.24, 2.45) is 0 Å². The highest BCUT2D eigenvalue weighted by Gasteiger charge is 2.39. The summed E-state index contributed by atoms with van der Waals surface area (Å²) in [5, 5.41) is 5.13. The fourth-order valence-corrected chi connectivity index (χ4v) is 3.06. The van der Waals surface area contributed by atoms with Gasteiger partial charge in [0.15, 0.2) is 0 Å². The monoisotopic (exact) mass is 314 g/mol. The number of benzene rings is 1. The zero-order valence-corrected chi connectivity index (χ0v) is 14.3. The third-order valence-electron chi connectivity index (χ3n) is 4.50. The maximum Gasteiger partial charge on any atom is 0.0465 e. The summed E-state index contributed by atoms with van der Waals surface area (Å²) in [6, 6.07) is 5.77. The number of hydrogen-bond acceptors (Lipinski definition) is 2. The lowest BCUT2D eigenvalue weighted by Crippen LogP contribution is -2.66. The van der Waals surface area contributed by atoms with Gasteiger partial charge in [-0.2, -0.15) is 0 Å². The van der Waals surface area contributed by atoms with E-state index >= 15 is 0 Å². The standard InChI is InChI=1S/C16H24Cl2N2/c1-5-16(4)11-20(15(2,3)10-19-16)9-12-6-7-13(17)8-14(12)18/h6-8,19H,5,9-11H2,1-4H3. The van der Waals surface area contributed by atoms with Crippen molar-refractivity contribution < 1.29 is 0 Å². The molecule has 1 fully saturated rings. The van der Waals surface area contributed by atoms with Crippen molar-refractivity contribution in [3.05, 3.63) is 33.8 Å². The topological polar surface area (TPSA) is 15.3 Å². The molecule has 1 atom stereocenters. The first kappa shape index (κ1) is 16.1. The Morgan fingerprint density at radius 1 is 1.25 bits per heavy atom. The Morgan fingerprint density at radius 2 is 1.95 bits per heavy atom. The molecule has 112 valence electrons. The van der Waals surface area contributed by atoms with Gasteiger partial charge in [0.25, 0.3) is 0 Å². The smallest absolute Gasteiger partial charge is 0.0465 e. The summed E-state index contributed by atoms with van der Waals surface area (Å²) in [6.45, 7) is 12.0. The molecule has 0 radical (unpaired) electrons. The van der Waals surface area contributed by atoms with Gasteiger partial charge in [0.2, 0.25) is 0 Å². The molecule has 1 N–H and O–H groups in total. The van der Waals surface area contributed by atoms with E-state index in [2.05, 4.69) is 37.9 Å². The predicted molar refractivity (Wildman–Crippen MR) is 87.6 cm³/mol. The Kier molecular flexibility index (Phi) is 4.70. The van der Waals surface area contributed by atoms with E-state index in [-0.39, 0.29) is 11.1 Å². The number of halogens is 2. The van der Waals surface area contributed by atoms with Crippen LogP contribution in [0.15, 0.2) is 18.2 Å². The second kappa shape index (κ2) is 5.84. The van der Waals surface area contributed by atoms with Crippen LogP contribution in [0.1, 0.15) is 39.7 Å². The molecule has 1 aliphatic rings. The maximum atomic E-state index is 6.32. The Labute approximate surface area is 132 Å². The normalized spacial score (nSPS) is 26.7. The van der Waals surface area contributed by atoms with Crippen LogP contribution in [0.25, 0.3) is 0 Å². The average Bonchev–Trinajstić information content (AvgIpc) is 2.38. The molecule has 2 rings (SSSR count). The molecule has 20 heavy (non-hydrogen) atoms. The molecule has 0 saturated carbocycles. The molecule has 1 aliphatic heterocycles. The molecule has 0 aromatic heterocycles. The molecule has 0 amide bonds. The van der Waals surface area contributed by atoms with Gasteiger partial charge >= 0.3 is 0 Å². The highest BCUT2D eigenvalue weighted by atomic mass is 35.5. The summed E-state index contributed by atoms with van der Waals surface area (Å²) in [7, 11) is 0. The molecule has 1 heterocycles. The lowest BCUT2D eigenvalue weighted by atomic mass is 9.88. The van der Waals surface area contributed by atoms with E-state index in [4.69, 9.17) is 23.2 Å². The van der Waals surface area contributed by atoms with E-state index in [0.717, 1.165) is 36.6 Å². The van der Waals surface area contributed by atoms with Crippen LogP contribution in [0.3, 0.4) is 0 Å². The van der Waals surface area contributed by atoms with Crippen LogP contribution in [0.4, 0.5) is 0 Å². The number of hydrogen-bond donors (Lipinski definition) is 1. The van der Waals surface area contributed by atoms with E-state index in [1.165, 1.54) is 0 Å². The van der Waals surface area contributed by atoms with E-state index in [1.807, 2.05) is 18.2 Å². The highest BCUT2D eigenvalue weighted by molar-refractivity contribution is 6.35. The van der Waals surface area contributed by atoms with Gasteiger partial charge in [-0.25, -0.2) is 0 Å². The van der Waals surface area contributed by atoms with E-state index in [9.17, 15) is 0 Å². The lowest BCUT2D eigenvalue weighted by molar-refractivity contribution is 0.0246. The maximum absolute atomic E-state index is 6.32. The van der Waals surface area contributed by atoms with E-state index < -0.39 is 0 Å². The van der Waals surface area contributed by atoms with Crippen molar-refractivity contribution in [3.63, 3.8) is 0 Å². The first-order chi connectivity index (χ1) is 9.26. The van der Waals surface area contributed by atoms with Crippen molar-refractivity contribution >= 4 is 23.2 Å². The molecule has 1 aromatic rings. The fraction of sp³-hybridized carbons (Fsp3) is 0.625. The van der Waals surface area contributed by atoms with Crippen LogP contribution in [-0.2, 0) is 6.54 Å². The zero-order chi connectivity index (χ0) is 15.0. The number of nitrogens with zero attached hydrogens (tertiary/aromatic N) is 1. The van der Waals surface area contributed by atoms with Gasteiger partial charge in [-0.15, -0.1) is 0 Å². The first-order valence-corrected chi connectivity index (χ1v) is 7.95. The quantitative estimate of drug-likeness (QED) is 0.892. The molecule has 0 spiro atoms. The highest BCUT2D eigenvalue weighted by Crippen LogP contribution is 2.30. The Balaban J connectivity index is 2.20. The summed E-state index contributed by atoms with van der Waals surface area (Å²) < 4.78 is 0. The van der Waals surface area contributed by atoms with Gasteiger partial charge in [-0.1, -0.05) is 36.2 Å². The van der Waals surface area contributed by atoms with E-state index in [0.29, 0.717) is 5.02 Å². The minimum Gasteiger partial charge on any atom is -0.308 e. The molecule has 4 heteroatoms. The van der Waals surface area contributed by atoms with Gasteiger partial charge in [-0.3, -0.25) is 4.90 Å². The molecule has 1 aromatic carbocycles.